The minimum Gasteiger partial charge on any atom is -0.399 e. The van der Waals surface area contributed by atoms with Gasteiger partial charge >= 0.3 is 0 Å². The maximum atomic E-state index is 13.2. The van der Waals surface area contributed by atoms with E-state index in [0.717, 1.165) is 18.4 Å². The van der Waals surface area contributed by atoms with Gasteiger partial charge < -0.3 is 5.73 Å². The van der Waals surface area contributed by atoms with Gasteiger partial charge in [-0.2, -0.15) is 0 Å². The zero-order chi connectivity index (χ0) is 9.84. The van der Waals surface area contributed by atoms with Gasteiger partial charge in [0, 0.05) is 5.69 Å². The van der Waals surface area contributed by atoms with Gasteiger partial charge in [0.25, 0.3) is 0 Å². The second-order valence-electron chi connectivity index (χ2n) is 3.78. The van der Waals surface area contributed by atoms with E-state index in [9.17, 15) is 4.39 Å². The molecule has 0 radical (unpaired) electrons. The van der Waals surface area contributed by atoms with Crippen LogP contribution < -0.4 is 5.73 Å². The van der Waals surface area contributed by atoms with Crippen LogP contribution in [-0.2, 0) is 6.42 Å². The highest BCUT2D eigenvalue weighted by Crippen LogP contribution is 2.15. The summed E-state index contributed by atoms with van der Waals surface area (Å²) in [5, 5.41) is 0. The van der Waals surface area contributed by atoms with Gasteiger partial charge in [0.1, 0.15) is 5.82 Å². The molecule has 0 heterocycles. The summed E-state index contributed by atoms with van der Waals surface area (Å²) in [5.41, 5.74) is 6.94. The molecule has 0 saturated heterocycles. The fourth-order valence-corrected chi connectivity index (χ4v) is 1.23. The molecule has 1 aromatic rings. The highest BCUT2D eigenvalue weighted by molar-refractivity contribution is 5.41. The van der Waals surface area contributed by atoms with E-state index in [1.165, 1.54) is 6.07 Å². The lowest BCUT2D eigenvalue weighted by molar-refractivity contribution is 0.558. The summed E-state index contributed by atoms with van der Waals surface area (Å²) < 4.78 is 13.2. The monoisotopic (exact) mass is 181 g/mol. The number of rotatable bonds is 3. The van der Waals surface area contributed by atoms with Crippen LogP contribution in [0.5, 0.6) is 0 Å². The van der Waals surface area contributed by atoms with Crippen molar-refractivity contribution in [2.24, 2.45) is 5.92 Å². The molecule has 1 nitrogen and oxygen atoms in total. The van der Waals surface area contributed by atoms with Crippen molar-refractivity contribution in [2.45, 2.75) is 26.7 Å². The van der Waals surface area contributed by atoms with Gasteiger partial charge in [0.15, 0.2) is 0 Å². The second-order valence-corrected chi connectivity index (χ2v) is 3.78. The number of anilines is 1. The molecule has 13 heavy (non-hydrogen) atoms. The standard InChI is InChI=1S/C11H16FN/c1-8(2)3-4-9-7-10(13)5-6-11(9)12/h5-8H,3-4,13H2,1-2H3. The normalized spacial score (nSPS) is 10.8. The van der Waals surface area contributed by atoms with Crippen molar-refractivity contribution in [3.63, 3.8) is 0 Å². The average molecular weight is 181 g/mol. The molecule has 0 bridgehead atoms. The van der Waals surface area contributed by atoms with Crippen molar-refractivity contribution in [3.05, 3.63) is 29.6 Å². The molecule has 0 saturated carbocycles. The van der Waals surface area contributed by atoms with Crippen LogP contribution in [0.2, 0.25) is 0 Å². The molecule has 0 atom stereocenters. The van der Waals surface area contributed by atoms with E-state index >= 15 is 0 Å². The smallest absolute Gasteiger partial charge is 0.126 e. The quantitative estimate of drug-likeness (QED) is 0.713. The third kappa shape index (κ3) is 3.05. The van der Waals surface area contributed by atoms with Crippen LogP contribution in [-0.4, -0.2) is 0 Å². The van der Waals surface area contributed by atoms with Crippen LogP contribution in [0.3, 0.4) is 0 Å². The Hall–Kier alpha value is -1.05. The Bertz CT molecular complexity index is 281. The van der Waals surface area contributed by atoms with Crippen molar-refractivity contribution in [2.75, 3.05) is 5.73 Å². The predicted molar refractivity (Wildman–Crippen MR) is 54.0 cm³/mol. The summed E-state index contributed by atoms with van der Waals surface area (Å²) in [6.45, 7) is 4.26. The fourth-order valence-electron chi connectivity index (χ4n) is 1.23. The van der Waals surface area contributed by atoms with Crippen LogP contribution in [0.1, 0.15) is 25.8 Å². The highest BCUT2D eigenvalue weighted by Gasteiger charge is 2.03. The third-order valence-electron chi connectivity index (χ3n) is 2.06. The van der Waals surface area contributed by atoms with E-state index in [2.05, 4.69) is 13.8 Å². The molecule has 0 spiro atoms. The van der Waals surface area contributed by atoms with Crippen LogP contribution in [0, 0.1) is 11.7 Å². The Balaban J connectivity index is 2.70. The second kappa shape index (κ2) is 4.26. The van der Waals surface area contributed by atoms with Crippen LogP contribution in [0.25, 0.3) is 0 Å². The number of benzene rings is 1. The molecule has 1 rings (SSSR count). The number of nitrogen functional groups attached to an aromatic ring is 1. The van der Waals surface area contributed by atoms with Gasteiger partial charge in [0.05, 0.1) is 0 Å². The summed E-state index contributed by atoms with van der Waals surface area (Å²) in [4.78, 5) is 0. The molecule has 0 amide bonds. The summed E-state index contributed by atoms with van der Waals surface area (Å²) in [6.07, 6.45) is 1.77. The molecule has 0 aliphatic heterocycles. The van der Waals surface area contributed by atoms with Crippen molar-refractivity contribution in [1.29, 1.82) is 0 Å². The largest absolute Gasteiger partial charge is 0.399 e. The van der Waals surface area contributed by atoms with E-state index in [4.69, 9.17) is 5.73 Å². The first-order valence-electron chi connectivity index (χ1n) is 4.63. The van der Waals surface area contributed by atoms with Crippen LogP contribution in [0.15, 0.2) is 18.2 Å². The molecular formula is C11H16FN. The van der Waals surface area contributed by atoms with E-state index in [0.29, 0.717) is 11.6 Å². The van der Waals surface area contributed by atoms with Crippen LogP contribution >= 0.6 is 0 Å². The minimum absolute atomic E-state index is 0.144. The average Bonchev–Trinajstić information content (AvgIpc) is 2.06. The molecule has 0 aliphatic rings. The molecule has 0 aliphatic carbocycles. The lowest BCUT2D eigenvalue weighted by Gasteiger charge is -2.06. The molecule has 2 N–H and O–H groups in total. The van der Waals surface area contributed by atoms with Crippen molar-refractivity contribution < 1.29 is 4.39 Å². The molecule has 2 heteroatoms. The Labute approximate surface area is 78.8 Å². The van der Waals surface area contributed by atoms with Gasteiger partial charge in [0.2, 0.25) is 0 Å². The summed E-state index contributed by atoms with van der Waals surface area (Å²) in [7, 11) is 0. The highest BCUT2D eigenvalue weighted by atomic mass is 19.1. The summed E-state index contributed by atoms with van der Waals surface area (Å²) >= 11 is 0. The number of hydrogen-bond acceptors (Lipinski definition) is 1. The van der Waals surface area contributed by atoms with Gasteiger partial charge in [-0.25, -0.2) is 4.39 Å². The van der Waals surface area contributed by atoms with Crippen LogP contribution in [0.4, 0.5) is 10.1 Å². The maximum absolute atomic E-state index is 13.2. The lowest BCUT2D eigenvalue weighted by atomic mass is 10.0. The lowest BCUT2D eigenvalue weighted by Crippen LogP contribution is -1.97. The Kier molecular flexibility index (Phi) is 3.29. The maximum Gasteiger partial charge on any atom is 0.126 e. The molecular weight excluding hydrogens is 165 g/mol. The van der Waals surface area contributed by atoms with Gasteiger partial charge in [-0.1, -0.05) is 13.8 Å². The Morgan fingerprint density at radius 2 is 2.08 bits per heavy atom. The number of nitrogens with two attached hydrogens (primary N) is 1. The Morgan fingerprint density at radius 3 is 2.69 bits per heavy atom. The number of halogens is 1. The van der Waals surface area contributed by atoms with Gasteiger partial charge in [-0.15, -0.1) is 0 Å². The Morgan fingerprint density at radius 1 is 1.38 bits per heavy atom. The predicted octanol–water partition coefficient (Wildman–Crippen LogP) is 3.00. The number of aryl methyl sites for hydroxylation is 1. The molecule has 1 aromatic carbocycles. The SMILES string of the molecule is CC(C)CCc1cc(N)ccc1F. The van der Waals surface area contributed by atoms with E-state index in [1.807, 2.05) is 0 Å². The van der Waals surface area contributed by atoms with E-state index in [-0.39, 0.29) is 5.82 Å². The third-order valence-corrected chi connectivity index (χ3v) is 2.06. The summed E-state index contributed by atoms with van der Waals surface area (Å²) in [6, 6.07) is 4.75. The molecule has 0 fully saturated rings. The first-order chi connectivity index (χ1) is 6.09. The van der Waals surface area contributed by atoms with Crippen molar-refractivity contribution in [3.8, 4) is 0 Å². The first kappa shape index (κ1) is 10.0. The van der Waals surface area contributed by atoms with Gasteiger partial charge in [-0.3, -0.25) is 0 Å². The fraction of sp³-hybridized carbons (Fsp3) is 0.455. The molecule has 0 unspecified atom stereocenters. The van der Waals surface area contributed by atoms with E-state index in [1.54, 1.807) is 12.1 Å². The molecule has 72 valence electrons. The first-order valence-corrected chi connectivity index (χ1v) is 4.63. The number of hydrogen-bond donors (Lipinski definition) is 1. The zero-order valence-electron chi connectivity index (χ0n) is 8.18. The van der Waals surface area contributed by atoms with Gasteiger partial charge in [-0.05, 0) is 42.5 Å². The topological polar surface area (TPSA) is 26.0 Å². The summed E-state index contributed by atoms with van der Waals surface area (Å²) in [5.74, 6) is 0.454. The minimum atomic E-state index is -0.144. The zero-order valence-corrected chi connectivity index (χ0v) is 8.18. The van der Waals surface area contributed by atoms with Crippen molar-refractivity contribution >= 4 is 5.69 Å². The van der Waals surface area contributed by atoms with Crippen molar-refractivity contribution in [1.82, 2.24) is 0 Å². The molecule has 0 aromatic heterocycles. The van der Waals surface area contributed by atoms with E-state index < -0.39 is 0 Å².